The fraction of sp³-hybridized carbons (Fsp3) is 0.429. The highest BCUT2D eigenvalue weighted by atomic mass is 19.4. The Labute approximate surface area is 124 Å². The van der Waals surface area contributed by atoms with Crippen LogP contribution in [0.4, 0.5) is 13.2 Å². The predicted molar refractivity (Wildman–Crippen MR) is 69.6 cm³/mol. The number of carboxylic acids is 1. The smallest absolute Gasteiger partial charge is 0.417 e. The Hall–Kier alpha value is -2.09. The molecule has 0 aromatic heterocycles. The fourth-order valence-corrected chi connectivity index (χ4v) is 2.18. The van der Waals surface area contributed by atoms with Crippen LogP contribution in [0.25, 0.3) is 0 Å². The van der Waals surface area contributed by atoms with Crippen molar-refractivity contribution in [3.05, 3.63) is 34.9 Å². The molecule has 1 aliphatic rings. The SMILES string of the molecule is COC[C@H]1C[C@@H]1NC(=O)c1ccc(C(=O)O)cc1C(F)(F)F. The van der Waals surface area contributed by atoms with Gasteiger partial charge in [0, 0.05) is 19.1 Å². The third-order valence-corrected chi connectivity index (χ3v) is 3.44. The number of benzene rings is 1. The van der Waals surface area contributed by atoms with Gasteiger partial charge in [0.05, 0.1) is 23.3 Å². The van der Waals surface area contributed by atoms with Crippen molar-refractivity contribution in [1.29, 1.82) is 0 Å². The molecule has 120 valence electrons. The van der Waals surface area contributed by atoms with Gasteiger partial charge in [-0.2, -0.15) is 13.2 Å². The summed E-state index contributed by atoms with van der Waals surface area (Å²) in [4.78, 5) is 22.8. The molecule has 2 atom stereocenters. The molecule has 1 aliphatic carbocycles. The molecular formula is C14H14F3NO4. The number of rotatable bonds is 5. The minimum absolute atomic E-state index is 0.0987. The lowest BCUT2D eigenvalue weighted by atomic mass is 10.0. The van der Waals surface area contributed by atoms with Crippen LogP contribution in [0.5, 0.6) is 0 Å². The number of methoxy groups -OCH3 is 1. The van der Waals surface area contributed by atoms with Crippen molar-refractivity contribution in [2.24, 2.45) is 5.92 Å². The first kappa shape index (κ1) is 16.3. The molecular weight excluding hydrogens is 303 g/mol. The van der Waals surface area contributed by atoms with Crippen molar-refractivity contribution >= 4 is 11.9 Å². The summed E-state index contributed by atoms with van der Waals surface area (Å²) < 4.78 is 43.9. The second-order valence-electron chi connectivity index (χ2n) is 5.09. The number of hydrogen-bond donors (Lipinski definition) is 2. The van der Waals surface area contributed by atoms with E-state index in [1.165, 1.54) is 7.11 Å². The first-order chi connectivity index (χ1) is 10.2. The van der Waals surface area contributed by atoms with Crippen molar-refractivity contribution in [2.75, 3.05) is 13.7 Å². The van der Waals surface area contributed by atoms with Gasteiger partial charge in [-0.3, -0.25) is 4.79 Å². The van der Waals surface area contributed by atoms with Crippen LogP contribution in [-0.4, -0.2) is 36.7 Å². The molecule has 1 aromatic carbocycles. The maximum Gasteiger partial charge on any atom is 0.417 e. The number of aromatic carboxylic acids is 1. The maximum atomic E-state index is 13.0. The number of halogens is 3. The van der Waals surface area contributed by atoms with E-state index in [1.807, 2.05) is 0 Å². The quantitative estimate of drug-likeness (QED) is 0.873. The molecule has 5 nitrogen and oxygen atoms in total. The second kappa shape index (κ2) is 5.96. The molecule has 0 aliphatic heterocycles. The summed E-state index contributed by atoms with van der Waals surface area (Å²) in [5.41, 5.74) is -2.36. The van der Waals surface area contributed by atoms with Gasteiger partial charge >= 0.3 is 12.1 Å². The van der Waals surface area contributed by atoms with E-state index < -0.39 is 34.7 Å². The molecule has 1 aromatic rings. The highest BCUT2D eigenvalue weighted by Crippen LogP contribution is 2.34. The molecule has 1 fully saturated rings. The van der Waals surface area contributed by atoms with Crippen molar-refractivity contribution in [3.63, 3.8) is 0 Å². The standard InChI is InChI=1S/C14H14F3NO4/c1-22-6-8-5-11(8)18-12(19)9-3-2-7(13(20)21)4-10(9)14(15,16)17/h2-4,8,11H,5-6H2,1H3,(H,18,19)(H,20,21)/t8-,11+/m1/s1. The average molecular weight is 317 g/mol. The van der Waals surface area contributed by atoms with Crippen molar-refractivity contribution < 1.29 is 32.6 Å². The van der Waals surface area contributed by atoms with Crippen molar-refractivity contribution in [3.8, 4) is 0 Å². The molecule has 2 N–H and O–H groups in total. The minimum Gasteiger partial charge on any atom is -0.478 e. The first-order valence-electron chi connectivity index (χ1n) is 6.48. The largest absolute Gasteiger partial charge is 0.478 e. The van der Waals surface area contributed by atoms with Gasteiger partial charge in [0.15, 0.2) is 0 Å². The number of carboxylic acid groups (broad SMARTS) is 1. The monoisotopic (exact) mass is 317 g/mol. The number of nitrogens with one attached hydrogen (secondary N) is 1. The van der Waals surface area contributed by atoms with Crippen LogP contribution in [-0.2, 0) is 10.9 Å². The van der Waals surface area contributed by atoms with Gasteiger partial charge in [0.1, 0.15) is 0 Å². The van der Waals surface area contributed by atoms with Crippen LogP contribution >= 0.6 is 0 Å². The number of carbonyl (C=O) groups excluding carboxylic acids is 1. The van der Waals surface area contributed by atoms with E-state index in [0.717, 1.165) is 12.1 Å². The normalized spacial score (nSPS) is 20.5. The molecule has 2 rings (SSSR count). The zero-order valence-electron chi connectivity index (χ0n) is 11.6. The fourth-order valence-electron chi connectivity index (χ4n) is 2.18. The van der Waals surface area contributed by atoms with Gasteiger partial charge in [-0.1, -0.05) is 0 Å². The number of hydrogen-bond acceptors (Lipinski definition) is 3. The summed E-state index contributed by atoms with van der Waals surface area (Å²) in [6.45, 7) is 0.426. The summed E-state index contributed by atoms with van der Waals surface area (Å²) in [6.07, 6.45) is -4.16. The zero-order valence-corrected chi connectivity index (χ0v) is 11.6. The lowest BCUT2D eigenvalue weighted by Crippen LogP contribution is -2.29. The summed E-state index contributed by atoms with van der Waals surface area (Å²) >= 11 is 0. The molecule has 0 bridgehead atoms. The summed E-state index contributed by atoms with van der Waals surface area (Å²) in [5.74, 6) is -2.26. The van der Waals surface area contributed by atoms with E-state index in [-0.39, 0.29) is 12.0 Å². The maximum absolute atomic E-state index is 13.0. The molecule has 0 radical (unpaired) electrons. The molecule has 1 saturated carbocycles. The molecule has 1 amide bonds. The first-order valence-corrected chi connectivity index (χ1v) is 6.48. The molecule has 0 saturated heterocycles. The minimum atomic E-state index is -4.81. The lowest BCUT2D eigenvalue weighted by Gasteiger charge is -2.13. The topological polar surface area (TPSA) is 75.6 Å². The molecule has 22 heavy (non-hydrogen) atoms. The average Bonchev–Trinajstić information content (AvgIpc) is 3.15. The van der Waals surface area contributed by atoms with E-state index >= 15 is 0 Å². The summed E-state index contributed by atoms with van der Waals surface area (Å²) in [5, 5.41) is 11.3. The molecule has 0 spiro atoms. The van der Waals surface area contributed by atoms with Crippen LogP contribution in [0.2, 0.25) is 0 Å². The van der Waals surface area contributed by atoms with Crippen LogP contribution in [0, 0.1) is 5.92 Å². The van der Waals surface area contributed by atoms with Gasteiger partial charge in [0.25, 0.3) is 5.91 Å². The molecule has 8 heteroatoms. The third kappa shape index (κ3) is 3.56. The van der Waals surface area contributed by atoms with Gasteiger partial charge in [-0.05, 0) is 24.6 Å². The summed E-state index contributed by atoms with van der Waals surface area (Å²) in [7, 11) is 1.50. The summed E-state index contributed by atoms with van der Waals surface area (Å²) in [6, 6.07) is 2.12. The van der Waals surface area contributed by atoms with E-state index in [0.29, 0.717) is 19.1 Å². The van der Waals surface area contributed by atoms with Gasteiger partial charge in [-0.15, -0.1) is 0 Å². The van der Waals surface area contributed by atoms with E-state index in [9.17, 15) is 22.8 Å². The number of alkyl halides is 3. The highest BCUT2D eigenvalue weighted by molar-refractivity contribution is 5.98. The van der Waals surface area contributed by atoms with Crippen LogP contribution < -0.4 is 5.32 Å². The van der Waals surface area contributed by atoms with Crippen LogP contribution in [0.15, 0.2) is 18.2 Å². The van der Waals surface area contributed by atoms with E-state index in [1.54, 1.807) is 0 Å². The Morgan fingerprint density at radius 3 is 2.64 bits per heavy atom. The molecule has 0 unspecified atom stereocenters. The second-order valence-corrected chi connectivity index (χ2v) is 5.09. The zero-order chi connectivity index (χ0) is 16.5. The Balaban J connectivity index is 2.22. The van der Waals surface area contributed by atoms with Crippen molar-refractivity contribution in [2.45, 2.75) is 18.6 Å². The van der Waals surface area contributed by atoms with E-state index in [2.05, 4.69) is 5.32 Å². The van der Waals surface area contributed by atoms with Crippen LogP contribution in [0.1, 0.15) is 32.7 Å². The number of ether oxygens (including phenoxy) is 1. The Morgan fingerprint density at radius 2 is 2.09 bits per heavy atom. The third-order valence-electron chi connectivity index (χ3n) is 3.44. The number of carbonyl (C=O) groups is 2. The van der Waals surface area contributed by atoms with Crippen molar-refractivity contribution in [1.82, 2.24) is 5.32 Å². The Bertz CT molecular complexity index is 600. The Kier molecular flexibility index (Phi) is 4.41. The highest BCUT2D eigenvalue weighted by Gasteiger charge is 2.40. The Morgan fingerprint density at radius 1 is 1.41 bits per heavy atom. The van der Waals surface area contributed by atoms with Crippen LogP contribution in [0.3, 0.4) is 0 Å². The van der Waals surface area contributed by atoms with Gasteiger partial charge in [-0.25, -0.2) is 4.79 Å². The van der Waals surface area contributed by atoms with E-state index in [4.69, 9.17) is 9.84 Å². The van der Waals surface area contributed by atoms with Gasteiger partial charge in [0.2, 0.25) is 0 Å². The number of amides is 1. The predicted octanol–water partition coefficient (Wildman–Crippen LogP) is 2.17. The molecule has 0 heterocycles. The lowest BCUT2D eigenvalue weighted by molar-refractivity contribution is -0.137. The van der Waals surface area contributed by atoms with Gasteiger partial charge < -0.3 is 15.2 Å².